The molecule has 0 aromatic heterocycles. The van der Waals surface area contributed by atoms with Crippen LogP contribution in [-0.2, 0) is 4.74 Å². The molecule has 1 amide bonds. The van der Waals surface area contributed by atoms with Gasteiger partial charge in [-0.15, -0.1) is 0 Å². The summed E-state index contributed by atoms with van der Waals surface area (Å²) in [6.07, 6.45) is -0.157. The van der Waals surface area contributed by atoms with Crippen molar-refractivity contribution in [3.05, 3.63) is 0 Å². The highest BCUT2D eigenvalue weighted by molar-refractivity contribution is 5.70. The van der Waals surface area contributed by atoms with Gasteiger partial charge in [0.15, 0.2) is 0 Å². The van der Waals surface area contributed by atoms with E-state index in [4.69, 9.17) is 4.74 Å². The average molecular weight is 171 g/mol. The fourth-order valence-corrected chi connectivity index (χ4v) is 1.69. The third-order valence-corrected chi connectivity index (χ3v) is 2.43. The Hall–Kier alpha value is -0.810. The molecule has 2 aliphatic heterocycles. The van der Waals surface area contributed by atoms with Crippen LogP contribution in [0.2, 0.25) is 0 Å². The minimum absolute atomic E-state index is 0.157. The lowest BCUT2D eigenvalue weighted by atomic mass is 10.2. The van der Waals surface area contributed by atoms with Gasteiger partial charge in [0.25, 0.3) is 0 Å². The van der Waals surface area contributed by atoms with Crippen LogP contribution in [0.1, 0.15) is 0 Å². The number of ether oxygens (including phenoxy) is 1. The molecule has 2 aliphatic rings. The molecule has 2 saturated heterocycles. The predicted octanol–water partition coefficient (Wildman–Crippen LogP) is -0.743. The van der Waals surface area contributed by atoms with E-state index >= 15 is 0 Å². The summed E-state index contributed by atoms with van der Waals surface area (Å²) in [4.78, 5) is 12.9. The molecule has 0 bridgehead atoms. The molecule has 5 heteroatoms. The number of carbonyl (C=O) groups is 1. The highest BCUT2D eigenvalue weighted by Gasteiger charge is 2.36. The number of piperazine rings is 1. The third kappa shape index (κ3) is 1.15. The molecule has 0 radical (unpaired) electrons. The standard InChI is InChI=1S/C7H13N3O2/c1-8-9-2-3-10-6(4-9)5-12-7(10)11/h6,8H,2-5H2,1H3. The molecule has 0 spiro atoms. The van der Waals surface area contributed by atoms with Crippen molar-refractivity contribution in [3.8, 4) is 0 Å². The summed E-state index contributed by atoms with van der Waals surface area (Å²) in [5.74, 6) is 0. The molecular formula is C7H13N3O2. The van der Waals surface area contributed by atoms with E-state index < -0.39 is 0 Å². The van der Waals surface area contributed by atoms with Crippen molar-refractivity contribution in [2.75, 3.05) is 33.3 Å². The van der Waals surface area contributed by atoms with Gasteiger partial charge in [0, 0.05) is 19.6 Å². The molecule has 1 atom stereocenters. The molecule has 0 aromatic rings. The van der Waals surface area contributed by atoms with Crippen LogP contribution in [0.5, 0.6) is 0 Å². The molecule has 0 aromatic carbocycles. The van der Waals surface area contributed by atoms with Crippen LogP contribution in [0.25, 0.3) is 0 Å². The number of hydrogen-bond acceptors (Lipinski definition) is 4. The molecule has 1 unspecified atom stereocenters. The van der Waals surface area contributed by atoms with Crippen LogP contribution in [0, 0.1) is 0 Å². The number of amides is 1. The first-order valence-electron chi connectivity index (χ1n) is 4.17. The van der Waals surface area contributed by atoms with Crippen molar-refractivity contribution in [1.29, 1.82) is 0 Å². The summed E-state index contributed by atoms with van der Waals surface area (Å²) in [7, 11) is 1.90. The fourth-order valence-electron chi connectivity index (χ4n) is 1.69. The van der Waals surface area contributed by atoms with Gasteiger partial charge in [0.1, 0.15) is 6.61 Å². The van der Waals surface area contributed by atoms with Gasteiger partial charge in [-0.1, -0.05) is 0 Å². The Balaban J connectivity index is 1.99. The Morgan fingerprint density at radius 3 is 3.17 bits per heavy atom. The van der Waals surface area contributed by atoms with Crippen molar-refractivity contribution in [1.82, 2.24) is 15.3 Å². The fraction of sp³-hybridized carbons (Fsp3) is 0.857. The van der Waals surface area contributed by atoms with E-state index in [9.17, 15) is 4.79 Å². The maximum Gasteiger partial charge on any atom is 0.410 e. The van der Waals surface area contributed by atoms with Gasteiger partial charge in [0.2, 0.25) is 0 Å². The van der Waals surface area contributed by atoms with Gasteiger partial charge in [-0.25, -0.2) is 9.80 Å². The van der Waals surface area contributed by atoms with E-state index in [2.05, 4.69) is 10.4 Å². The molecule has 2 fully saturated rings. The lowest BCUT2D eigenvalue weighted by Gasteiger charge is -2.34. The Morgan fingerprint density at radius 1 is 1.58 bits per heavy atom. The number of nitrogens with zero attached hydrogens (tertiary/aromatic N) is 2. The monoisotopic (exact) mass is 171 g/mol. The van der Waals surface area contributed by atoms with Crippen molar-refractivity contribution in [2.45, 2.75) is 6.04 Å². The highest BCUT2D eigenvalue weighted by Crippen LogP contribution is 2.16. The van der Waals surface area contributed by atoms with Gasteiger partial charge in [0.05, 0.1) is 6.04 Å². The quantitative estimate of drug-likeness (QED) is 0.564. The number of hydrogen-bond donors (Lipinski definition) is 1. The van der Waals surface area contributed by atoms with Crippen LogP contribution in [0.3, 0.4) is 0 Å². The van der Waals surface area contributed by atoms with E-state index in [1.165, 1.54) is 0 Å². The Morgan fingerprint density at radius 2 is 2.42 bits per heavy atom. The van der Waals surface area contributed by atoms with E-state index in [1.807, 2.05) is 7.05 Å². The first kappa shape index (κ1) is 7.82. The Bertz CT molecular complexity index is 197. The first-order chi connectivity index (χ1) is 5.81. The third-order valence-electron chi connectivity index (χ3n) is 2.43. The largest absolute Gasteiger partial charge is 0.447 e. The van der Waals surface area contributed by atoms with Crippen molar-refractivity contribution in [3.63, 3.8) is 0 Å². The zero-order chi connectivity index (χ0) is 8.55. The van der Waals surface area contributed by atoms with Gasteiger partial charge in [-0.3, -0.25) is 10.3 Å². The summed E-state index contributed by atoms with van der Waals surface area (Å²) in [5, 5.41) is 2.10. The second kappa shape index (κ2) is 2.91. The number of hydrazine groups is 1. The maximum absolute atomic E-state index is 11.1. The molecule has 5 nitrogen and oxygen atoms in total. The minimum atomic E-state index is -0.157. The molecule has 12 heavy (non-hydrogen) atoms. The average Bonchev–Trinajstić information content (AvgIpc) is 2.47. The second-order valence-corrected chi connectivity index (χ2v) is 3.09. The zero-order valence-electron chi connectivity index (χ0n) is 7.12. The minimum Gasteiger partial charge on any atom is -0.447 e. The molecular weight excluding hydrogens is 158 g/mol. The van der Waals surface area contributed by atoms with Gasteiger partial charge in [-0.2, -0.15) is 0 Å². The van der Waals surface area contributed by atoms with Gasteiger partial charge in [-0.05, 0) is 7.05 Å². The summed E-state index contributed by atoms with van der Waals surface area (Å²) < 4.78 is 4.93. The Labute approximate surface area is 71.2 Å². The van der Waals surface area contributed by atoms with Crippen molar-refractivity contribution in [2.24, 2.45) is 0 Å². The smallest absolute Gasteiger partial charge is 0.410 e. The van der Waals surface area contributed by atoms with Gasteiger partial charge < -0.3 is 4.74 Å². The molecule has 2 heterocycles. The van der Waals surface area contributed by atoms with Crippen LogP contribution in [0.15, 0.2) is 0 Å². The molecule has 2 rings (SSSR count). The molecule has 0 saturated carbocycles. The maximum atomic E-state index is 11.1. The van der Waals surface area contributed by atoms with Crippen LogP contribution in [0.4, 0.5) is 4.79 Å². The van der Waals surface area contributed by atoms with Crippen molar-refractivity contribution >= 4 is 6.09 Å². The lowest BCUT2D eigenvalue weighted by Crippen LogP contribution is -2.55. The number of cyclic esters (lactones) is 1. The topological polar surface area (TPSA) is 44.8 Å². The van der Waals surface area contributed by atoms with Crippen molar-refractivity contribution < 1.29 is 9.53 Å². The number of rotatable bonds is 1. The van der Waals surface area contributed by atoms with Gasteiger partial charge >= 0.3 is 6.09 Å². The zero-order valence-corrected chi connectivity index (χ0v) is 7.12. The molecule has 0 aliphatic carbocycles. The molecule has 1 N–H and O–H groups in total. The first-order valence-corrected chi connectivity index (χ1v) is 4.17. The van der Waals surface area contributed by atoms with E-state index in [0.29, 0.717) is 6.61 Å². The van der Waals surface area contributed by atoms with Crippen LogP contribution < -0.4 is 5.43 Å². The van der Waals surface area contributed by atoms with E-state index in [-0.39, 0.29) is 12.1 Å². The summed E-state index contributed by atoms with van der Waals surface area (Å²) in [6, 6.07) is 0.249. The number of nitrogens with one attached hydrogen (secondary N) is 1. The second-order valence-electron chi connectivity index (χ2n) is 3.09. The number of carbonyl (C=O) groups excluding carboxylic acids is 1. The lowest BCUT2D eigenvalue weighted by molar-refractivity contribution is 0.0907. The molecule has 68 valence electrons. The predicted molar refractivity (Wildman–Crippen MR) is 42.5 cm³/mol. The number of fused-ring (bicyclic) bond motifs is 1. The summed E-state index contributed by atoms with van der Waals surface area (Å²) in [6.45, 7) is 3.05. The van der Waals surface area contributed by atoms with Crippen LogP contribution in [-0.4, -0.2) is 55.3 Å². The summed E-state index contributed by atoms with van der Waals surface area (Å²) in [5.41, 5.74) is 3.07. The summed E-state index contributed by atoms with van der Waals surface area (Å²) >= 11 is 0. The van der Waals surface area contributed by atoms with E-state index in [0.717, 1.165) is 19.6 Å². The van der Waals surface area contributed by atoms with Crippen LogP contribution >= 0.6 is 0 Å². The highest BCUT2D eigenvalue weighted by atomic mass is 16.6. The normalized spacial score (nSPS) is 30.2. The SMILES string of the molecule is CNN1CCN2C(=O)OCC2C1. The Kier molecular flexibility index (Phi) is 1.90. The van der Waals surface area contributed by atoms with E-state index in [1.54, 1.807) is 4.90 Å².